The van der Waals surface area contributed by atoms with Crippen molar-refractivity contribution in [2.75, 3.05) is 20.1 Å². The molecule has 0 radical (unpaired) electrons. The van der Waals surface area contributed by atoms with Crippen molar-refractivity contribution in [3.8, 4) is 0 Å². The molecule has 1 aromatic rings. The lowest BCUT2D eigenvalue weighted by Gasteiger charge is -2.10. The minimum Gasteiger partial charge on any atom is -0.306 e. The van der Waals surface area contributed by atoms with Gasteiger partial charge in [0.1, 0.15) is 0 Å². The summed E-state index contributed by atoms with van der Waals surface area (Å²) in [5, 5.41) is 0. The molecule has 0 aliphatic carbocycles. The van der Waals surface area contributed by atoms with Gasteiger partial charge in [0.15, 0.2) is 0 Å². The minimum absolute atomic E-state index is 0.748. The fourth-order valence-corrected chi connectivity index (χ4v) is 2.21. The molecule has 1 aliphatic heterocycles. The molecular weight excluding hydrogens is 226 g/mol. The molecule has 1 nitrogen and oxygen atoms in total. The van der Waals surface area contributed by atoms with E-state index in [0.717, 1.165) is 5.92 Å². The van der Waals surface area contributed by atoms with E-state index in [9.17, 15) is 0 Å². The molecule has 1 fully saturated rings. The smallest absolute Gasteiger partial charge is 0.0175 e. The maximum atomic E-state index is 3.46. The molecule has 0 spiro atoms. The van der Waals surface area contributed by atoms with Crippen molar-refractivity contribution in [3.05, 3.63) is 34.3 Å². The van der Waals surface area contributed by atoms with E-state index >= 15 is 0 Å². The number of hydrogen-bond donors (Lipinski definition) is 0. The normalized spacial score (nSPS) is 23.7. The van der Waals surface area contributed by atoms with Gasteiger partial charge in [-0.3, -0.25) is 0 Å². The second kappa shape index (κ2) is 3.81. The summed E-state index contributed by atoms with van der Waals surface area (Å²) < 4.78 is 1.17. The predicted molar refractivity (Wildman–Crippen MR) is 59.0 cm³/mol. The van der Waals surface area contributed by atoms with Crippen LogP contribution in [-0.2, 0) is 0 Å². The molecule has 0 amide bonds. The van der Waals surface area contributed by atoms with Gasteiger partial charge in [0.2, 0.25) is 0 Å². The monoisotopic (exact) mass is 239 g/mol. The van der Waals surface area contributed by atoms with E-state index in [4.69, 9.17) is 0 Å². The topological polar surface area (TPSA) is 3.24 Å². The third kappa shape index (κ3) is 2.12. The largest absolute Gasteiger partial charge is 0.306 e. The Morgan fingerprint density at radius 2 is 2.00 bits per heavy atom. The average Bonchev–Trinajstić information content (AvgIpc) is 2.53. The van der Waals surface area contributed by atoms with Gasteiger partial charge in [-0.1, -0.05) is 28.1 Å². The number of likely N-dealkylation sites (N-methyl/N-ethyl adjacent to an activating group) is 1. The Morgan fingerprint density at radius 3 is 2.54 bits per heavy atom. The molecule has 2 heteroatoms. The molecule has 0 saturated carbocycles. The van der Waals surface area contributed by atoms with Gasteiger partial charge in [-0.05, 0) is 43.6 Å². The number of rotatable bonds is 1. The first-order chi connectivity index (χ1) is 6.25. The Balaban J connectivity index is 2.13. The summed E-state index contributed by atoms with van der Waals surface area (Å²) in [6, 6.07) is 8.73. The first kappa shape index (κ1) is 9.22. The van der Waals surface area contributed by atoms with Gasteiger partial charge in [-0.25, -0.2) is 0 Å². The molecule has 1 aliphatic rings. The van der Waals surface area contributed by atoms with Crippen molar-refractivity contribution in [1.29, 1.82) is 0 Å². The van der Waals surface area contributed by atoms with Crippen molar-refractivity contribution in [3.63, 3.8) is 0 Å². The van der Waals surface area contributed by atoms with Crippen LogP contribution in [0.2, 0.25) is 0 Å². The van der Waals surface area contributed by atoms with Crippen molar-refractivity contribution in [1.82, 2.24) is 4.90 Å². The van der Waals surface area contributed by atoms with E-state index in [2.05, 4.69) is 52.1 Å². The van der Waals surface area contributed by atoms with Crippen LogP contribution in [0.25, 0.3) is 0 Å². The third-order valence-electron chi connectivity index (χ3n) is 2.73. The molecule has 0 unspecified atom stereocenters. The second-order valence-corrected chi connectivity index (χ2v) is 4.72. The van der Waals surface area contributed by atoms with Crippen LogP contribution in [0, 0.1) is 0 Å². The van der Waals surface area contributed by atoms with Crippen LogP contribution < -0.4 is 0 Å². The summed E-state index contributed by atoms with van der Waals surface area (Å²) >= 11 is 3.46. The van der Waals surface area contributed by atoms with Crippen LogP contribution >= 0.6 is 15.9 Å². The molecule has 70 valence electrons. The van der Waals surface area contributed by atoms with Gasteiger partial charge >= 0.3 is 0 Å². The van der Waals surface area contributed by atoms with Gasteiger partial charge in [-0.15, -0.1) is 0 Å². The number of likely N-dealkylation sites (tertiary alicyclic amines) is 1. The molecule has 1 heterocycles. The molecule has 1 saturated heterocycles. The van der Waals surface area contributed by atoms with E-state index in [1.807, 2.05) is 0 Å². The molecule has 2 rings (SSSR count). The Morgan fingerprint density at radius 1 is 1.31 bits per heavy atom. The summed E-state index contributed by atoms with van der Waals surface area (Å²) in [4.78, 5) is 2.40. The maximum Gasteiger partial charge on any atom is 0.0175 e. The number of halogens is 1. The van der Waals surface area contributed by atoms with Crippen molar-refractivity contribution < 1.29 is 0 Å². The minimum atomic E-state index is 0.748. The lowest BCUT2D eigenvalue weighted by molar-refractivity contribution is 0.411. The number of benzene rings is 1. The molecular formula is C11H14BrN. The van der Waals surface area contributed by atoms with E-state index in [1.54, 1.807) is 0 Å². The summed E-state index contributed by atoms with van der Waals surface area (Å²) in [7, 11) is 2.19. The lowest BCUT2D eigenvalue weighted by Crippen LogP contribution is -2.13. The van der Waals surface area contributed by atoms with Gasteiger partial charge in [-0.2, -0.15) is 0 Å². The standard InChI is InChI=1S/C11H14BrN/c1-13-7-6-10(8-13)9-2-4-11(12)5-3-9/h2-5,10H,6-8H2,1H3/t10-/m0/s1. The van der Waals surface area contributed by atoms with Crippen LogP contribution in [0.3, 0.4) is 0 Å². The molecule has 0 aromatic heterocycles. The van der Waals surface area contributed by atoms with Gasteiger partial charge in [0, 0.05) is 11.0 Å². The molecule has 1 aromatic carbocycles. The van der Waals surface area contributed by atoms with Gasteiger partial charge in [0.05, 0.1) is 0 Å². The third-order valence-corrected chi connectivity index (χ3v) is 3.26. The maximum absolute atomic E-state index is 3.46. The van der Waals surface area contributed by atoms with Crippen molar-refractivity contribution >= 4 is 15.9 Å². The molecule has 0 N–H and O–H groups in total. The Labute approximate surface area is 87.9 Å². The van der Waals surface area contributed by atoms with E-state index in [0.29, 0.717) is 0 Å². The zero-order chi connectivity index (χ0) is 9.26. The zero-order valence-electron chi connectivity index (χ0n) is 7.83. The van der Waals surface area contributed by atoms with Gasteiger partial charge < -0.3 is 4.90 Å². The van der Waals surface area contributed by atoms with Gasteiger partial charge in [0.25, 0.3) is 0 Å². The molecule has 0 bridgehead atoms. The van der Waals surface area contributed by atoms with Crippen LogP contribution in [0.4, 0.5) is 0 Å². The van der Waals surface area contributed by atoms with Crippen molar-refractivity contribution in [2.24, 2.45) is 0 Å². The summed E-state index contributed by atoms with van der Waals surface area (Å²) in [6.45, 7) is 2.45. The summed E-state index contributed by atoms with van der Waals surface area (Å²) in [5.41, 5.74) is 1.48. The zero-order valence-corrected chi connectivity index (χ0v) is 9.42. The highest BCUT2D eigenvalue weighted by Gasteiger charge is 2.20. The van der Waals surface area contributed by atoms with E-state index in [1.165, 1.54) is 29.5 Å². The van der Waals surface area contributed by atoms with Crippen molar-refractivity contribution in [2.45, 2.75) is 12.3 Å². The lowest BCUT2D eigenvalue weighted by atomic mass is 9.99. The Bertz CT molecular complexity index is 281. The Kier molecular flexibility index (Phi) is 2.70. The van der Waals surface area contributed by atoms with Crippen LogP contribution in [0.1, 0.15) is 17.9 Å². The summed E-state index contributed by atoms with van der Waals surface area (Å²) in [6.07, 6.45) is 1.30. The highest BCUT2D eigenvalue weighted by Crippen LogP contribution is 2.26. The number of nitrogens with zero attached hydrogens (tertiary/aromatic N) is 1. The van der Waals surface area contributed by atoms with E-state index < -0.39 is 0 Å². The Hall–Kier alpha value is -0.340. The average molecular weight is 240 g/mol. The fourth-order valence-electron chi connectivity index (χ4n) is 1.94. The first-order valence-electron chi connectivity index (χ1n) is 4.70. The van der Waals surface area contributed by atoms with Crippen LogP contribution in [-0.4, -0.2) is 25.0 Å². The highest BCUT2D eigenvalue weighted by molar-refractivity contribution is 9.10. The second-order valence-electron chi connectivity index (χ2n) is 3.80. The quantitative estimate of drug-likeness (QED) is 0.729. The fraction of sp³-hybridized carbons (Fsp3) is 0.455. The molecule has 1 atom stereocenters. The summed E-state index contributed by atoms with van der Waals surface area (Å²) in [5.74, 6) is 0.748. The van der Waals surface area contributed by atoms with Crippen LogP contribution in [0.15, 0.2) is 28.7 Å². The predicted octanol–water partition coefficient (Wildman–Crippen LogP) is 2.87. The molecule has 13 heavy (non-hydrogen) atoms. The van der Waals surface area contributed by atoms with Crippen LogP contribution in [0.5, 0.6) is 0 Å². The number of hydrogen-bond acceptors (Lipinski definition) is 1. The highest BCUT2D eigenvalue weighted by atomic mass is 79.9. The van der Waals surface area contributed by atoms with E-state index in [-0.39, 0.29) is 0 Å². The first-order valence-corrected chi connectivity index (χ1v) is 5.49. The SMILES string of the molecule is CN1CC[C@H](c2ccc(Br)cc2)C1.